The molecular formula is C20H34N4O5S. The molecule has 0 aromatic carbocycles. The Balaban J connectivity index is 2.35. The van der Waals surface area contributed by atoms with E-state index in [1.54, 1.807) is 7.05 Å². The summed E-state index contributed by atoms with van der Waals surface area (Å²) in [5.41, 5.74) is 0. The fraction of sp³-hybridized carbons (Fsp3) is 0.750. The molecule has 1 aliphatic heterocycles. The van der Waals surface area contributed by atoms with Crippen LogP contribution >= 0.6 is 11.8 Å². The molecule has 10 heteroatoms. The summed E-state index contributed by atoms with van der Waals surface area (Å²) in [6, 6.07) is -0.800. The summed E-state index contributed by atoms with van der Waals surface area (Å²) in [6.45, 7) is 2.53. The van der Waals surface area contributed by atoms with Crippen LogP contribution < -0.4 is 10.6 Å². The van der Waals surface area contributed by atoms with Gasteiger partial charge in [-0.2, -0.15) is 0 Å². The van der Waals surface area contributed by atoms with Gasteiger partial charge in [-0.05, 0) is 39.6 Å². The van der Waals surface area contributed by atoms with Gasteiger partial charge in [0.1, 0.15) is 11.8 Å². The lowest BCUT2D eigenvalue weighted by Gasteiger charge is -2.27. The van der Waals surface area contributed by atoms with Gasteiger partial charge in [0, 0.05) is 39.4 Å². The summed E-state index contributed by atoms with van der Waals surface area (Å²) < 4.78 is 0. The predicted octanol–water partition coefficient (Wildman–Crippen LogP) is 0.179. The number of likely N-dealkylation sites (N-methyl/N-ethyl adjacent to an activating group) is 2. The third-order valence-corrected chi connectivity index (χ3v) is 6.09. The summed E-state index contributed by atoms with van der Waals surface area (Å²) in [5, 5.41) is 4.77. The van der Waals surface area contributed by atoms with E-state index in [1.165, 1.54) is 23.6 Å². The molecule has 0 spiro atoms. The highest BCUT2D eigenvalue weighted by molar-refractivity contribution is 8.00. The minimum Gasteiger partial charge on any atom is -0.353 e. The SMILES string of the molecule is CC(=O)CC(C(=O)NCCN(C)C)N(C)C(=O)CCCCCSC1CC(=O)NC1=O. The average molecular weight is 443 g/mol. The second kappa shape index (κ2) is 13.4. The highest BCUT2D eigenvalue weighted by atomic mass is 32.2. The standard InChI is InChI=1S/C20H34N4O5S/c1-14(25)12-15(19(28)21-9-10-23(2)3)24(4)18(27)8-6-5-7-11-30-16-13-17(26)22-20(16)29/h15-16H,5-13H2,1-4H3,(H,21,28)(H,22,26,29). The van der Waals surface area contributed by atoms with Gasteiger partial charge in [0.2, 0.25) is 23.6 Å². The van der Waals surface area contributed by atoms with Gasteiger partial charge >= 0.3 is 0 Å². The Labute approximate surface area is 182 Å². The van der Waals surface area contributed by atoms with Crippen LogP contribution in [-0.2, 0) is 24.0 Å². The highest BCUT2D eigenvalue weighted by Gasteiger charge is 2.30. The molecule has 2 N–H and O–H groups in total. The second-order valence-electron chi connectivity index (χ2n) is 7.81. The summed E-state index contributed by atoms with van der Waals surface area (Å²) >= 11 is 1.46. The highest BCUT2D eigenvalue weighted by Crippen LogP contribution is 2.21. The number of imide groups is 1. The molecule has 30 heavy (non-hydrogen) atoms. The Morgan fingerprint density at radius 1 is 1.17 bits per heavy atom. The van der Waals surface area contributed by atoms with Crippen LogP contribution in [-0.4, -0.2) is 90.5 Å². The van der Waals surface area contributed by atoms with Crippen LogP contribution in [0.1, 0.15) is 45.4 Å². The topological polar surface area (TPSA) is 116 Å². The van der Waals surface area contributed by atoms with Crippen LogP contribution in [0.4, 0.5) is 0 Å². The van der Waals surface area contributed by atoms with E-state index < -0.39 is 6.04 Å². The summed E-state index contributed by atoms with van der Waals surface area (Å²) in [5.74, 6) is -0.328. The van der Waals surface area contributed by atoms with Gasteiger partial charge in [-0.3, -0.25) is 29.3 Å². The van der Waals surface area contributed by atoms with Gasteiger partial charge in [-0.15, -0.1) is 11.8 Å². The fourth-order valence-corrected chi connectivity index (χ4v) is 4.13. The van der Waals surface area contributed by atoms with E-state index >= 15 is 0 Å². The zero-order valence-corrected chi connectivity index (χ0v) is 19.2. The number of hydrogen-bond donors (Lipinski definition) is 2. The van der Waals surface area contributed by atoms with Crippen LogP contribution in [0, 0.1) is 0 Å². The molecule has 1 rings (SSSR count). The van der Waals surface area contributed by atoms with Crippen molar-refractivity contribution in [1.29, 1.82) is 0 Å². The number of nitrogens with zero attached hydrogens (tertiary/aromatic N) is 2. The summed E-state index contributed by atoms with van der Waals surface area (Å²) in [6.07, 6.45) is 2.83. The molecule has 0 aromatic heterocycles. The number of carbonyl (C=O) groups is 5. The zero-order valence-electron chi connectivity index (χ0n) is 18.4. The van der Waals surface area contributed by atoms with Crippen molar-refractivity contribution in [3.8, 4) is 0 Å². The molecule has 1 heterocycles. The molecule has 0 bridgehead atoms. The van der Waals surface area contributed by atoms with E-state index in [0.29, 0.717) is 25.9 Å². The van der Waals surface area contributed by atoms with Gasteiger partial charge < -0.3 is 15.1 Å². The molecular weight excluding hydrogens is 408 g/mol. The molecule has 4 amide bonds. The predicted molar refractivity (Wildman–Crippen MR) is 116 cm³/mol. The fourth-order valence-electron chi connectivity index (χ4n) is 2.99. The van der Waals surface area contributed by atoms with Crippen molar-refractivity contribution in [1.82, 2.24) is 20.4 Å². The minimum absolute atomic E-state index is 0.00511. The first-order valence-electron chi connectivity index (χ1n) is 10.2. The molecule has 2 unspecified atom stereocenters. The largest absolute Gasteiger partial charge is 0.353 e. The Morgan fingerprint density at radius 3 is 2.43 bits per heavy atom. The maximum Gasteiger partial charge on any atom is 0.243 e. The molecule has 2 atom stereocenters. The molecule has 170 valence electrons. The minimum atomic E-state index is -0.800. The van der Waals surface area contributed by atoms with Crippen molar-refractivity contribution in [2.75, 3.05) is 40.0 Å². The number of Topliss-reactive ketones (excluding diaryl/α,β-unsaturated/α-hetero) is 1. The van der Waals surface area contributed by atoms with Crippen molar-refractivity contribution in [2.45, 2.75) is 56.7 Å². The van der Waals surface area contributed by atoms with Crippen molar-refractivity contribution >= 4 is 41.2 Å². The Kier molecular flexibility index (Phi) is 11.6. The molecule has 1 aliphatic rings. The first-order valence-corrected chi connectivity index (χ1v) is 11.3. The van der Waals surface area contributed by atoms with Crippen molar-refractivity contribution in [2.24, 2.45) is 0 Å². The first-order chi connectivity index (χ1) is 14.1. The van der Waals surface area contributed by atoms with E-state index in [-0.39, 0.29) is 47.5 Å². The molecule has 1 fully saturated rings. The van der Waals surface area contributed by atoms with Gasteiger partial charge in [-0.25, -0.2) is 0 Å². The van der Waals surface area contributed by atoms with E-state index in [0.717, 1.165) is 18.6 Å². The van der Waals surface area contributed by atoms with E-state index in [1.807, 2.05) is 19.0 Å². The number of rotatable bonds is 14. The lowest BCUT2D eigenvalue weighted by molar-refractivity contribution is -0.140. The third kappa shape index (κ3) is 9.71. The quantitative estimate of drug-likeness (QED) is 0.291. The normalized spacial score (nSPS) is 17.0. The van der Waals surface area contributed by atoms with E-state index in [2.05, 4.69) is 10.6 Å². The number of thioether (sulfide) groups is 1. The molecule has 0 saturated carbocycles. The summed E-state index contributed by atoms with van der Waals surface area (Å²) in [7, 11) is 5.36. The van der Waals surface area contributed by atoms with Crippen molar-refractivity contribution < 1.29 is 24.0 Å². The lowest BCUT2D eigenvalue weighted by Crippen LogP contribution is -2.49. The zero-order chi connectivity index (χ0) is 22.7. The number of unbranched alkanes of at least 4 members (excludes halogenated alkanes) is 2. The number of amides is 4. The molecule has 0 aliphatic carbocycles. The molecule has 0 aromatic rings. The molecule has 1 saturated heterocycles. The van der Waals surface area contributed by atoms with Crippen LogP contribution in [0.2, 0.25) is 0 Å². The second-order valence-corrected chi connectivity index (χ2v) is 9.12. The first kappa shape index (κ1) is 26.1. The number of carbonyl (C=O) groups excluding carboxylic acids is 5. The molecule has 0 radical (unpaired) electrons. The third-order valence-electron chi connectivity index (χ3n) is 4.78. The summed E-state index contributed by atoms with van der Waals surface area (Å²) in [4.78, 5) is 62.5. The van der Waals surface area contributed by atoms with Crippen molar-refractivity contribution in [3.63, 3.8) is 0 Å². The maximum absolute atomic E-state index is 12.5. The van der Waals surface area contributed by atoms with Gasteiger partial charge in [-0.1, -0.05) is 6.42 Å². The van der Waals surface area contributed by atoms with Crippen LogP contribution in [0.25, 0.3) is 0 Å². The van der Waals surface area contributed by atoms with E-state index in [9.17, 15) is 24.0 Å². The molecule has 9 nitrogen and oxygen atoms in total. The Morgan fingerprint density at radius 2 is 1.87 bits per heavy atom. The Bertz CT molecular complexity index is 641. The van der Waals surface area contributed by atoms with Crippen molar-refractivity contribution in [3.05, 3.63) is 0 Å². The van der Waals surface area contributed by atoms with Crippen LogP contribution in [0.3, 0.4) is 0 Å². The monoisotopic (exact) mass is 442 g/mol. The number of hydrogen-bond acceptors (Lipinski definition) is 7. The van der Waals surface area contributed by atoms with Crippen LogP contribution in [0.5, 0.6) is 0 Å². The Hall–Kier alpha value is -1.94. The smallest absolute Gasteiger partial charge is 0.243 e. The average Bonchev–Trinajstić information content (AvgIpc) is 2.98. The van der Waals surface area contributed by atoms with Gasteiger partial charge in [0.05, 0.1) is 5.25 Å². The number of nitrogens with one attached hydrogen (secondary N) is 2. The van der Waals surface area contributed by atoms with E-state index in [4.69, 9.17) is 0 Å². The number of ketones is 1. The van der Waals surface area contributed by atoms with Gasteiger partial charge in [0.25, 0.3) is 0 Å². The van der Waals surface area contributed by atoms with Crippen LogP contribution in [0.15, 0.2) is 0 Å². The lowest BCUT2D eigenvalue weighted by atomic mass is 10.1. The van der Waals surface area contributed by atoms with Gasteiger partial charge in [0.15, 0.2) is 0 Å². The maximum atomic E-state index is 12.5.